The first kappa shape index (κ1) is 17.9. The number of hydrogen-bond donors (Lipinski definition) is 0. The first-order chi connectivity index (χ1) is 9.63. The van der Waals surface area contributed by atoms with Gasteiger partial charge >= 0.3 is 12.4 Å². The van der Waals surface area contributed by atoms with Crippen LogP contribution in [0.2, 0.25) is 0 Å². The number of benzene rings is 1. The van der Waals surface area contributed by atoms with Crippen molar-refractivity contribution in [2.24, 2.45) is 0 Å². The number of rotatable bonds is 6. The predicted octanol–water partition coefficient (Wildman–Crippen LogP) is 4.40. The Bertz CT molecular complexity index is 458. The standard InChI is InChI=1S/C12H11ClF6O2/c13-6-8-1-2-10(9(5-8)12(17,18)19)21-4-3-20-7-11(14,15)16/h1-2,5H,3-4,6-7H2. The molecule has 2 nitrogen and oxygen atoms in total. The Morgan fingerprint density at radius 3 is 2.19 bits per heavy atom. The highest BCUT2D eigenvalue weighted by atomic mass is 35.5. The monoisotopic (exact) mass is 336 g/mol. The highest BCUT2D eigenvalue weighted by Gasteiger charge is 2.34. The van der Waals surface area contributed by atoms with Gasteiger partial charge in [0.15, 0.2) is 0 Å². The molecule has 0 unspecified atom stereocenters. The molecule has 0 aliphatic heterocycles. The number of halogens is 7. The van der Waals surface area contributed by atoms with Crippen molar-refractivity contribution >= 4 is 11.6 Å². The average molecular weight is 337 g/mol. The van der Waals surface area contributed by atoms with Crippen LogP contribution in [0, 0.1) is 0 Å². The van der Waals surface area contributed by atoms with Crippen molar-refractivity contribution < 1.29 is 35.8 Å². The molecule has 0 amide bonds. The van der Waals surface area contributed by atoms with Gasteiger partial charge in [0.1, 0.15) is 19.0 Å². The van der Waals surface area contributed by atoms with Gasteiger partial charge in [-0.1, -0.05) is 6.07 Å². The highest BCUT2D eigenvalue weighted by molar-refractivity contribution is 6.17. The van der Waals surface area contributed by atoms with E-state index in [1.165, 1.54) is 6.07 Å². The van der Waals surface area contributed by atoms with Crippen molar-refractivity contribution in [1.29, 1.82) is 0 Å². The van der Waals surface area contributed by atoms with Crippen LogP contribution in [0.1, 0.15) is 11.1 Å². The smallest absolute Gasteiger partial charge is 0.419 e. The lowest BCUT2D eigenvalue weighted by molar-refractivity contribution is -0.175. The molecule has 1 aromatic carbocycles. The molecule has 0 heterocycles. The molecule has 1 aromatic rings. The van der Waals surface area contributed by atoms with E-state index in [1.807, 2.05) is 0 Å². The van der Waals surface area contributed by atoms with Gasteiger partial charge in [-0.3, -0.25) is 0 Å². The second-order valence-electron chi connectivity index (χ2n) is 3.98. The summed E-state index contributed by atoms with van der Waals surface area (Å²) in [4.78, 5) is 0. The third-order valence-corrected chi connectivity index (χ3v) is 2.56. The van der Waals surface area contributed by atoms with Crippen molar-refractivity contribution in [1.82, 2.24) is 0 Å². The number of ether oxygens (including phenoxy) is 2. The molecule has 0 N–H and O–H groups in total. The van der Waals surface area contributed by atoms with Crippen LogP contribution in [-0.4, -0.2) is 26.0 Å². The topological polar surface area (TPSA) is 18.5 Å². The molecular formula is C12H11ClF6O2. The largest absolute Gasteiger partial charge is 0.491 e. The molecule has 0 aliphatic rings. The van der Waals surface area contributed by atoms with E-state index in [-0.39, 0.29) is 11.4 Å². The predicted molar refractivity (Wildman–Crippen MR) is 63.4 cm³/mol. The summed E-state index contributed by atoms with van der Waals surface area (Å²) >= 11 is 5.45. The van der Waals surface area contributed by atoms with Crippen molar-refractivity contribution in [2.45, 2.75) is 18.2 Å². The summed E-state index contributed by atoms with van der Waals surface area (Å²) in [5.41, 5.74) is -0.777. The van der Waals surface area contributed by atoms with E-state index in [9.17, 15) is 26.3 Å². The van der Waals surface area contributed by atoms with Gasteiger partial charge in [0, 0.05) is 5.88 Å². The van der Waals surface area contributed by atoms with Crippen molar-refractivity contribution in [3.8, 4) is 5.75 Å². The van der Waals surface area contributed by atoms with Crippen LogP contribution in [-0.2, 0) is 16.8 Å². The van der Waals surface area contributed by atoms with Gasteiger partial charge in [-0.2, -0.15) is 26.3 Å². The molecule has 120 valence electrons. The van der Waals surface area contributed by atoms with E-state index in [4.69, 9.17) is 16.3 Å². The minimum absolute atomic E-state index is 0.0992. The Balaban J connectivity index is 2.62. The third-order valence-electron chi connectivity index (χ3n) is 2.25. The Hall–Kier alpha value is -1.15. The zero-order valence-electron chi connectivity index (χ0n) is 10.5. The molecule has 21 heavy (non-hydrogen) atoms. The van der Waals surface area contributed by atoms with Crippen LogP contribution < -0.4 is 4.74 Å². The summed E-state index contributed by atoms with van der Waals surface area (Å²) in [5, 5.41) is 0. The lowest BCUT2D eigenvalue weighted by atomic mass is 10.1. The second-order valence-corrected chi connectivity index (χ2v) is 4.25. The van der Waals surface area contributed by atoms with Crippen molar-refractivity contribution in [3.05, 3.63) is 29.3 Å². The van der Waals surface area contributed by atoms with Crippen LogP contribution in [0.3, 0.4) is 0 Å². The minimum atomic E-state index is -4.65. The molecule has 0 bridgehead atoms. The fraction of sp³-hybridized carbons (Fsp3) is 0.500. The third kappa shape index (κ3) is 6.43. The summed E-state index contributed by atoms with van der Waals surface area (Å²) in [6, 6.07) is 3.25. The molecule has 0 atom stereocenters. The van der Waals surface area contributed by atoms with Gasteiger partial charge in [-0.25, -0.2) is 0 Å². The average Bonchev–Trinajstić information content (AvgIpc) is 2.36. The molecule has 0 aliphatic carbocycles. The molecule has 0 spiro atoms. The summed E-state index contributed by atoms with van der Waals surface area (Å²) in [6.07, 6.45) is -9.14. The highest BCUT2D eigenvalue weighted by Crippen LogP contribution is 2.37. The van der Waals surface area contributed by atoms with Gasteiger partial charge in [0.2, 0.25) is 0 Å². The molecule has 0 fully saturated rings. The maximum atomic E-state index is 12.8. The number of alkyl halides is 7. The Kier molecular flexibility index (Phi) is 6.15. The SMILES string of the molecule is FC(F)(F)COCCOc1ccc(CCl)cc1C(F)(F)F. The molecule has 0 aromatic heterocycles. The van der Waals surface area contributed by atoms with Gasteiger partial charge < -0.3 is 9.47 Å². The lowest BCUT2D eigenvalue weighted by Crippen LogP contribution is -2.20. The summed E-state index contributed by atoms with van der Waals surface area (Å²) < 4.78 is 82.8. The zero-order chi connectivity index (χ0) is 16.1. The van der Waals surface area contributed by atoms with Gasteiger partial charge in [-0.05, 0) is 17.7 Å². The Morgan fingerprint density at radius 2 is 1.67 bits per heavy atom. The van der Waals surface area contributed by atoms with E-state index in [0.29, 0.717) is 0 Å². The van der Waals surface area contributed by atoms with Crippen molar-refractivity contribution in [3.63, 3.8) is 0 Å². The minimum Gasteiger partial charge on any atom is -0.491 e. The van der Waals surface area contributed by atoms with Crippen LogP contribution in [0.25, 0.3) is 0 Å². The fourth-order valence-corrected chi connectivity index (χ4v) is 1.57. The molecule has 1 rings (SSSR count). The maximum absolute atomic E-state index is 12.8. The van der Waals surface area contributed by atoms with Gasteiger partial charge in [0.05, 0.1) is 12.2 Å². The van der Waals surface area contributed by atoms with Gasteiger partial charge in [-0.15, -0.1) is 11.6 Å². The second kappa shape index (κ2) is 7.22. The van der Waals surface area contributed by atoms with Gasteiger partial charge in [0.25, 0.3) is 0 Å². The number of hydrogen-bond acceptors (Lipinski definition) is 2. The van der Waals surface area contributed by atoms with Crippen LogP contribution >= 0.6 is 11.6 Å². The summed E-state index contributed by atoms with van der Waals surface area (Å²) in [5.74, 6) is -0.579. The molecule has 0 saturated heterocycles. The fourth-order valence-electron chi connectivity index (χ4n) is 1.41. The Labute approximate surface area is 121 Å². The van der Waals surface area contributed by atoms with Crippen LogP contribution in [0.15, 0.2) is 18.2 Å². The van der Waals surface area contributed by atoms with E-state index < -0.39 is 43.5 Å². The molecule has 9 heteroatoms. The van der Waals surface area contributed by atoms with E-state index >= 15 is 0 Å². The normalized spacial score (nSPS) is 12.5. The summed E-state index contributed by atoms with van der Waals surface area (Å²) in [6.45, 7) is -2.39. The van der Waals surface area contributed by atoms with Crippen molar-refractivity contribution in [2.75, 3.05) is 19.8 Å². The molecule has 0 radical (unpaired) electrons. The molecule has 0 saturated carbocycles. The van der Waals surface area contributed by atoms with E-state index in [0.717, 1.165) is 12.1 Å². The summed E-state index contributed by atoms with van der Waals surface area (Å²) in [7, 11) is 0. The lowest BCUT2D eigenvalue weighted by Gasteiger charge is -2.15. The Morgan fingerprint density at radius 1 is 1.00 bits per heavy atom. The van der Waals surface area contributed by atoms with Crippen LogP contribution in [0.5, 0.6) is 5.75 Å². The van der Waals surface area contributed by atoms with E-state index in [2.05, 4.69) is 4.74 Å². The van der Waals surface area contributed by atoms with Crippen LogP contribution in [0.4, 0.5) is 26.3 Å². The quantitative estimate of drug-likeness (QED) is 0.435. The molecular weight excluding hydrogens is 326 g/mol. The first-order valence-electron chi connectivity index (χ1n) is 5.67. The zero-order valence-corrected chi connectivity index (χ0v) is 11.3. The van der Waals surface area contributed by atoms with E-state index in [1.54, 1.807) is 0 Å². The first-order valence-corrected chi connectivity index (χ1v) is 6.20. The maximum Gasteiger partial charge on any atom is 0.419 e.